The molecule has 0 N–H and O–H groups in total. The maximum atomic E-state index is 14.0. The number of alkyl halides is 3. The molecule has 0 aliphatic heterocycles. The quantitative estimate of drug-likeness (QED) is 0.461. The van der Waals surface area contributed by atoms with Crippen molar-refractivity contribution in [2.24, 2.45) is 0 Å². The van der Waals surface area contributed by atoms with Crippen LogP contribution in [-0.4, -0.2) is 30.3 Å². The van der Waals surface area contributed by atoms with E-state index in [0.717, 1.165) is 22.7 Å². The fraction of sp³-hybridized carbons (Fsp3) is 0.278. The molecule has 0 bridgehead atoms. The predicted molar refractivity (Wildman–Crippen MR) is 93.8 cm³/mol. The highest BCUT2D eigenvalue weighted by molar-refractivity contribution is 6.29. The Labute approximate surface area is 160 Å². The van der Waals surface area contributed by atoms with Crippen molar-refractivity contribution in [3.8, 4) is 0 Å². The first-order valence-electron chi connectivity index (χ1n) is 8.51. The Kier molecular flexibility index (Phi) is 3.67. The number of fused-ring (bicyclic) bond motifs is 2. The van der Waals surface area contributed by atoms with E-state index in [1.165, 1.54) is 6.20 Å². The molecule has 1 fully saturated rings. The van der Waals surface area contributed by atoms with Gasteiger partial charge in [0, 0.05) is 42.0 Å². The number of nitrogens with zero attached hydrogens (tertiary/aromatic N) is 5. The van der Waals surface area contributed by atoms with E-state index >= 15 is 0 Å². The van der Waals surface area contributed by atoms with Crippen LogP contribution >= 0.6 is 11.6 Å². The van der Waals surface area contributed by atoms with Crippen LogP contribution in [0.3, 0.4) is 0 Å². The number of pyridine rings is 1. The van der Waals surface area contributed by atoms with E-state index in [1.54, 1.807) is 29.0 Å². The van der Waals surface area contributed by atoms with Crippen LogP contribution in [0.15, 0.2) is 36.9 Å². The Morgan fingerprint density at radius 1 is 1.18 bits per heavy atom. The summed E-state index contributed by atoms with van der Waals surface area (Å²) < 4.78 is 54.9. The van der Waals surface area contributed by atoms with Gasteiger partial charge < -0.3 is 4.57 Å². The Bertz CT molecular complexity index is 1210. The minimum atomic E-state index is -4.44. The van der Waals surface area contributed by atoms with Crippen LogP contribution in [-0.2, 0) is 6.54 Å². The molecule has 144 valence electrons. The number of hydrogen-bond acceptors (Lipinski definition) is 3. The molecule has 5 rings (SSSR count). The SMILES string of the molecule is Fc1cn(CC(F)(F)F)c2cc(C3CC3c3cc(Cl)nn4ccnc34)ncc12. The minimum absolute atomic E-state index is 0.000615. The molecule has 0 aromatic carbocycles. The van der Waals surface area contributed by atoms with Crippen molar-refractivity contribution in [2.75, 3.05) is 0 Å². The number of hydrogen-bond donors (Lipinski definition) is 0. The standard InChI is InChI=1S/C18H12ClF4N5/c19-16-4-11(17-24-1-2-28(17)26-16)9-3-10(9)14-5-15-12(6-25-14)13(20)7-27(15)8-18(21,22)23/h1-2,4-7,9-10H,3,8H2. The van der Waals surface area contributed by atoms with E-state index in [-0.39, 0.29) is 22.7 Å². The molecule has 2 atom stereocenters. The van der Waals surface area contributed by atoms with Gasteiger partial charge in [-0.25, -0.2) is 13.9 Å². The van der Waals surface area contributed by atoms with Gasteiger partial charge in [-0.2, -0.15) is 18.3 Å². The van der Waals surface area contributed by atoms with Crippen molar-refractivity contribution < 1.29 is 17.6 Å². The fourth-order valence-electron chi connectivity index (χ4n) is 3.73. The molecular formula is C18H12ClF4N5. The minimum Gasteiger partial charge on any atom is -0.335 e. The Balaban J connectivity index is 1.52. The fourth-order valence-corrected chi connectivity index (χ4v) is 3.93. The van der Waals surface area contributed by atoms with Gasteiger partial charge in [-0.1, -0.05) is 11.6 Å². The molecule has 0 saturated heterocycles. The molecule has 28 heavy (non-hydrogen) atoms. The zero-order chi connectivity index (χ0) is 19.6. The van der Waals surface area contributed by atoms with Crippen molar-refractivity contribution in [2.45, 2.75) is 31.0 Å². The third-order valence-electron chi connectivity index (χ3n) is 5.02. The number of rotatable bonds is 3. The van der Waals surface area contributed by atoms with Gasteiger partial charge in [-0.3, -0.25) is 4.98 Å². The first-order chi connectivity index (χ1) is 13.3. The molecule has 4 aromatic heterocycles. The van der Waals surface area contributed by atoms with Gasteiger partial charge in [-0.05, 0) is 24.5 Å². The largest absolute Gasteiger partial charge is 0.406 e. The normalized spacial score (nSPS) is 19.6. The van der Waals surface area contributed by atoms with Crippen molar-refractivity contribution in [3.05, 3.63) is 59.1 Å². The van der Waals surface area contributed by atoms with Crippen LogP contribution in [0.2, 0.25) is 5.15 Å². The summed E-state index contributed by atoms with van der Waals surface area (Å²) in [5.74, 6) is -0.641. The van der Waals surface area contributed by atoms with Crippen LogP contribution in [0.1, 0.15) is 29.5 Å². The molecule has 1 saturated carbocycles. The molecular weight excluding hydrogens is 398 g/mol. The smallest absolute Gasteiger partial charge is 0.335 e. The van der Waals surface area contributed by atoms with Crippen molar-refractivity contribution >= 4 is 28.2 Å². The first kappa shape index (κ1) is 17.4. The van der Waals surface area contributed by atoms with Crippen LogP contribution in [0, 0.1) is 5.82 Å². The van der Waals surface area contributed by atoms with Crippen molar-refractivity contribution in [3.63, 3.8) is 0 Å². The zero-order valence-corrected chi connectivity index (χ0v) is 14.9. The summed E-state index contributed by atoms with van der Waals surface area (Å²) in [6, 6.07) is 3.29. The summed E-state index contributed by atoms with van der Waals surface area (Å²) >= 11 is 6.08. The van der Waals surface area contributed by atoms with Gasteiger partial charge in [0.2, 0.25) is 0 Å². The molecule has 0 amide bonds. The van der Waals surface area contributed by atoms with E-state index in [1.807, 2.05) is 0 Å². The maximum absolute atomic E-state index is 14.0. The van der Waals surface area contributed by atoms with Gasteiger partial charge in [-0.15, -0.1) is 0 Å². The lowest BCUT2D eigenvalue weighted by Gasteiger charge is -2.09. The van der Waals surface area contributed by atoms with E-state index < -0.39 is 18.5 Å². The summed E-state index contributed by atoms with van der Waals surface area (Å²) in [4.78, 5) is 8.59. The first-order valence-corrected chi connectivity index (χ1v) is 8.89. The highest BCUT2D eigenvalue weighted by atomic mass is 35.5. The Morgan fingerprint density at radius 3 is 2.79 bits per heavy atom. The van der Waals surface area contributed by atoms with Crippen molar-refractivity contribution in [1.82, 2.24) is 24.1 Å². The third kappa shape index (κ3) is 2.90. The lowest BCUT2D eigenvalue weighted by Crippen LogP contribution is -2.16. The monoisotopic (exact) mass is 409 g/mol. The van der Waals surface area contributed by atoms with Gasteiger partial charge in [0.15, 0.2) is 5.65 Å². The van der Waals surface area contributed by atoms with Crippen LogP contribution < -0.4 is 0 Å². The predicted octanol–water partition coefficient (Wildman–Crippen LogP) is 4.70. The average Bonchev–Trinajstić information content (AvgIpc) is 3.18. The Morgan fingerprint density at radius 2 is 2.00 bits per heavy atom. The van der Waals surface area contributed by atoms with Gasteiger partial charge in [0.1, 0.15) is 17.5 Å². The van der Waals surface area contributed by atoms with E-state index in [4.69, 9.17) is 11.6 Å². The molecule has 5 nitrogen and oxygen atoms in total. The summed E-state index contributed by atoms with van der Waals surface area (Å²) in [5.41, 5.74) is 2.40. The molecule has 4 aromatic rings. The molecule has 0 radical (unpaired) electrons. The average molecular weight is 410 g/mol. The van der Waals surface area contributed by atoms with Gasteiger partial charge in [0.05, 0.1) is 10.9 Å². The summed E-state index contributed by atoms with van der Waals surface area (Å²) in [5, 5.41) is 4.55. The summed E-state index contributed by atoms with van der Waals surface area (Å²) in [7, 11) is 0. The Hall–Kier alpha value is -2.68. The third-order valence-corrected chi connectivity index (χ3v) is 5.20. The zero-order valence-electron chi connectivity index (χ0n) is 14.2. The molecule has 0 spiro atoms. The van der Waals surface area contributed by atoms with Crippen molar-refractivity contribution in [1.29, 1.82) is 0 Å². The molecule has 1 aliphatic carbocycles. The maximum Gasteiger partial charge on any atom is 0.406 e. The highest BCUT2D eigenvalue weighted by Crippen LogP contribution is 2.55. The summed E-state index contributed by atoms with van der Waals surface area (Å²) in [6.45, 7) is -1.25. The van der Waals surface area contributed by atoms with E-state index in [2.05, 4.69) is 15.1 Å². The van der Waals surface area contributed by atoms with Crippen LogP contribution in [0.5, 0.6) is 0 Å². The molecule has 10 heteroatoms. The number of aromatic nitrogens is 5. The molecule has 1 aliphatic rings. The van der Waals surface area contributed by atoms with Crippen LogP contribution in [0.4, 0.5) is 17.6 Å². The summed E-state index contributed by atoms with van der Waals surface area (Å²) in [6.07, 6.45) is 1.79. The highest BCUT2D eigenvalue weighted by Gasteiger charge is 2.42. The lowest BCUT2D eigenvalue weighted by molar-refractivity contribution is -0.139. The second kappa shape index (κ2) is 5.91. The topological polar surface area (TPSA) is 48.0 Å². The second-order valence-electron chi connectivity index (χ2n) is 6.91. The van der Waals surface area contributed by atoms with Crippen LogP contribution in [0.25, 0.3) is 16.6 Å². The number of halogens is 5. The molecule has 4 heterocycles. The van der Waals surface area contributed by atoms with Gasteiger partial charge in [0.25, 0.3) is 0 Å². The lowest BCUT2D eigenvalue weighted by atomic mass is 10.1. The molecule has 2 unspecified atom stereocenters. The van der Waals surface area contributed by atoms with E-state index in [9.17, 15) is 17.6 Å². The van der Waals surface area contributed by atoms with Gasteiger partial charge >= 0.3 is 6.18 Å². The van der Waals surface area contributed by atoms with E-state index in [0.29, 0.717) is 16.5 Å². The second-order valence-corrected chi connectivity index (χ2v) is 7.30. The number of imidazole rings is 1.